The second-order valence-electron chi connectivity index (χ2n) is 3.28. The molecule has 0 aliphatic heterocycles. The van der Waals surface area contributed by atoms with Gasteiger partial charge in [0.05, 0.1) is 12.2 Å². The molecule has 0 aliphatic carbocycles. The van der Waals surface area contributed by atoms with Gasteiger partial charge in [-0.3, -0.25) is 4.70 Å². The first-order valence-corrected chi connectivity index (χ1v) is 3.50. The molecule has 0 spiro atoms. The Labute approximate surface area is 72.8 Å². The predicted octanol–water partition coefficient (Wildman–Crippen LogP) is 0.229. The van der Waals surface area contributed by atoms with Crippen molar-refractivity contribution in [2.45, 2.75) is 26.4 Å². The van der Waals surface area contributed by atoms with Gasteiger partial charge < -0.3 is 15.4 Å². The van der Waals surface area contributed by atoms with Gasteiger partial charge in [0.1, 0.15) is 0 Å². The SMILES string of the molecule is CC(C)(C)O.CN(O)CCO.F. The monoisotopic (exact) mass is 185 g/mol. The zero-order valence-corrected chi connectivity index (χ0v) is 8.11. The molecule has 0 atom stereocenters. The molecule has 4 nitrogen and oxygen atoms in total. The van der Waals surface area contributed by atoms with E-state index in [0.29, 0.717) is 6.54 Å². The average molecular weight is 185 g/mol. The maximum atomic E-state index is 8.52. The largest absolute Gasteiger partial charge is 0.395 e. The van der Waals surface area contributed by atoms with Crippen molar-refractivity contribution >= 4 is 0 Å². The summed E-state index contributed by atoms with van der Waals surface area (Å²) in [6, 6.07) is 0. The van der Waals surface area contributed by atoms with Crippen LogP contribution in [-0.4, -0.2) is 46.3 Å². The van der Waals surface area contributed by atoms with Crippen LogP contribution >= 0.6 is 0 Å². The smallest absolute Gasteiger partial charge is 0.0581 e. The molecule has 0 saturated heterocycles. The van der Waals surface area contributed by atoms with E-state index in [0.717, 1.165) is 5.06 Å². The lowest BCUT2D eigenvalue weighted by atomic mass is 10.2. The molecule has 0 fully saturated rings. The summed E-state index contributed by atoms with van der Waals surface area (Å²) in [6.07, 6.45) is 0. The molecule has 0 aromatic rings. The van der Waals surface area contributed by atoms with E-state index in [1.165, 1.54) is 7.05 Å². The minimum absolute atomic E-state index is 0. The number of aliphatic hydroxyl groups excluding tert-OH is 1. The van der Waals surface area contributed by atoms with E-state index in [4.69, 9.17) is 15.4 Å². The third-order valence-electron chi connectivity index (χ3n) is 0.424. The zero-order chi connectivity index (χ0) is 9.49. The number of hydroxylamine groups is 2. The highest BCUT2D eigenvalue weighted by Crippen LogP contribution is 1.93. The topological polar surface area (TPSA) is 63.9 Å². The van der Waals surface area contributed by atoms with Gasteiger partial charge >= 0.3 is 0 Å². The summed E-state index contributed by atoms with van der Waals surface area (Å²) in [5.74, 6) is 0. The van der Waals surface area contributed by atoms with E-state index in [1.807, 2.05) is 0 Å². The third-order valence-corrected chi connectivity index (χ3v) is 0.424. The van der Waals surface area contributed by atoms with E-state index in [-0.39, 0.29) is 11.3 Å². The van der Waals surface area contributed by atoms with Crippen LogP contribution in [-0.2, 0) is 0 Å². The fourth-order valence-corrected chi connectivity index (χ4v) is 0.145. The van der Waals surface area contributed by atoms with E-state index < -0.39 is 5.60 Å². The summed E-state index contributed by atoms with van der Waals surface area (Å²) in [7, 11) is 1.48. The normalized spacial score (nSPS) is 10.0. The Morgan fingerprint density at radius 3 is 1.50 bits per heavy atom. The fourth-order valence-electron chi connectivity index (χ4n) is 0.145. The van der Waals surface area contributed by atoms with E-state index in [2.05, 4.69) is 0 Å². The molecule has 0 amide bonds. The molecule has 0 unspecified atom stereocenters. The lowest BCUT2D eigenvalue weighted by molar-refractivity contribution is -0.0733. The third kappa shape index (κ3) is 97.9. The van der Waals surface area contributed by atoms with Gasteiger partial charge in [0.25, 0.3) is 0 Å². The highest BCUT2D eigenvalue weighted by Gasteiger charge is 1.97. The van der Waals surface area contributed by atoms with Crippen LogP contribution in [0, 0.1) is 0 Å². The first kappa shape index (κ1) is 17.8. The van der Waals surface area contributed by atoms with Crippen molar-refractivity contribution in [3.63, 3.8) is 0 Å². The van der Waals surface area contributed by atoms with Gasteiger partial charge in [-0.1, -0.05) is 0 Å². The lowest BCUT2D eigenvalue weighted by Crippen LogP contribution is -2.16. The second-order valence-corrected chi connectivity index (χ2v) is 3.28. The second kappa shape index (κ2) is 8.86. The van der Waals surface area contributed by atoms with Gasteiger partial charge in [-0.15, -0.1) is 0 Å². The van der Waals surface area contributed by atoms with Gasteiger partial charge in [0, 0.05) is 13.6 Å². The molecule has 0 radical (unpaired) electrons. The molecule has 0 saturated carbocycles. The standard InChI is InChI=1S/C4H10O.C3H9NO2.FH/c1-4(2,3)5;1-4(6)2-3-5;/h5H,1-3H3;5-6H,2-3H2,1H3;1H. The Hall–Kier alpha value is -0.230. The van der Waals surface area contributed by atoms with Crippen LogP contribution in [0.1, 0.15) is 20.8 Å². The van der Waals surface area contributed by atoms with E-state index in [9.17, 15) is 0 Å². The number of hydrogen-bond donors (Lipinski definition) is 3. The van der Waals surface area contributed by atoms with E-state index >= 15 is 0 Å². The molecule has 78 valence electrons. The summed E-state index contributed by atoms with van der Waals surface area (Å²) in [5.41, 5.74) is -0.500. The fraction of sp³-hybridized carbons (Fsp3) is 1.00. The Kier molecular flexibility index (Phi) is 13.1. The number of nitrogens with zero attached hydrogens (tertiary/aromatic N) is 1. The van der Waals surface area contributed by atoms with Crippen molar-refractivity contribution in [2.75, 3.05) is 20.2 Å². The van der Waals surface area contributed by atoms with Crippen molar-refractivity contribution in [3.05, 3.63) is 0 Å². The first-order valence-electron chi connectivity index (χ1n) is 3.50. The highest BCUT2D eigenvalue weighted by atomic mass is 19.0. The number of rotatable bonds is 2. The molecule has 0 bridgehead atoms. The van der Waals surface area contributed by atoms with Crippen LogP contribution in [0.4, 0.5) is 4.70 Å². The quantitative estimate of drug-likeness (QED) is 0.539. The summed E-state index contributed by atoms with van der Waals surface area (Å²) in [4.78, 5) is 0. The lowest BCUT2D eigenvalue weighted by Gasteiger charge is -2.04. The molecular formula is C7H20FNO3. The van der Waals surface area contributed by atoms with E-state index in [1.54, 1.807) is 20.8 Å². The molecule has 3 N–H and O–H groups in total. The Bertz CT molecular complexity index is 77.2. The zero-order valence-electron chi connectivity index (χ0n) is 8.11. The van der Waals surface area contributed by atoms with Crippen molar-refractivity contribution in [2.24, 2.45) is 0 Å². The minimum atomic E-state index is -0.500. The van der Waals surface area contributed by atoms with Crippen molar-refractivity contribution < 1.29 is 20.1 Å². The molecule has 5 heteroatoms. The van der Waals surface area contributed by atoms with Gasteiger partial charge in [0.15, 0.2) is 0 Å². The van der Waals surface area contributed by atoms with Crippen molar-refractivity contribution in [1.82, 2.24) is 5.06 Å². The van der Waals surface area contributed by atoms with Crippen molar-refractivity contribution in [1.29, 1.82) is 0 Å². The van der Waals surface area contributed by atoms with Crippen LogP contribution in [0.5, 0.6) is 0 Å². The molecule has 0 aromatic heterocycles. The van der Waals surface area contributed by atoms with Crippen LogP contribution in [0.15, 0.2) is 0 Å². The van der Waals surface area contributed by atoms with Crippen molar-refractivity contribution in [3.8, 4) is 0 Å². The van der Waals surface area contributed by atoms with Crippen LogP contribution in [0.2, 0.25) is 0 Å². The molecule has 0 heterocycles. The van der Waals surface area contributed by atoms with Crippen LogP contribution in [0.3, 0.4) is 0 Å². The van der Waals surface area contributed by atoms with Crippen LogP contribution in [0.25, 0.3) is 0 Å². The average Bonchev–Trinajstić information content (AvgIpc) is 1.58. The molecule has 0 aliphatic rings. The minimum Gasteiger partial charge on any atom is -0.395 e. The Morgan fingerprint density at radius 2 is 1.50 bits per heavy atom. The molecule has 0 rings (SSSR count). The van der Waals surface area contributed by atoms with Gasteiger partial charge in [-0.25, -0.2) is 0 Å². The Morgan fingerprint density at radius 1 is 1.25 bits per heavy atom. The van der Waals surface area contributed by atoms with Gasteiger partial charge in [0.2, 0.25) is 0 Å². The number of aliphatic hydroxyl groups is 2. The Balaban J connectivity index is -0.000000126. The maximum absolute atomic E-state index is 8.52. The predicted molar refractivity (Wildman–Crippen MR) is 46.0 cm³/mol. The summed E-state index contributed by atoms with van der Waals surface area (Å²) in [6.45, 7) is 5.56. The highest BCUT2D eigenvalue weighted by molar-refractivity contribution is 4.50. The van der Waals surface area contributed by atoms with Crippen LogP contribution < -0.4 is 0 Å². The number of likely N-dealkylation sites (N-methyl/N-ethyl adjacent to an activating group) is 1. The maximum Gasteiger partial charge on any atom is 0.0581 e. The first-order chi connectivity index (χ1) is 4.77. The van der Waals surface area contributed by atoms with Gasteiger partial charge in [-0.05, 0) is 20.8 Å². The summed E-state index contributed by atoms with van der Waals surface area (Å²) in [5, 5.41) is 25.7. The molecular weight excluding hydrogens is 165 g/mol. The molecule has 12 heavy (non-hydrogen) atoms. The number of halogens is 1. The summed E-state index contributed by atoms with van der Waals surface area (Å²) >= 11 is 0. The summed E-state index contributed by atoms with van der Waals surface area (Å²) < 4.78 is 0. The number of hydrogen-bond acceptors (Lipinski definition) is 4. The molecule has 0 aromatic carbocycles. The van der Waals surface area contributed by atoms with Gasteiger partial charge in [-0.2, -0.15) is 5.06 Å².